The van der Waals surface area contributed by atoms with Crippen molar-refractivity contribution in [3.05, 3.63) is 11.9 Å². The Labute approximate surface area is 61.4 Å². The van der Waals surface area contributed by atoms with Gasteiger partial charge in [0.15, 0.2) is 0 Å². The van der Waals surface area contributed by atoms with Crippen LogP contribution in [0.15, 0.2) is 10.8 Å². The molecule has 0 amide bonds. The molecule has 0 bridgehead atoms. The molecule has 4 heteroatoms. The molecule has 0 N–H and O–H groups in total. The van der Waals surface area contributed by atoms with E-state index in [0.29, 0.717) is 0 Å². The van der Waals surface area contributed by atoms with Crippen LogP contribution in [0.3, 0.4) is 0 Å². The molecular weight excluding hydrogens is 144 g/mol. The van der Waals surface area contributed by atoms with Crippen LogP contribution in [-0.2, 0) is 6.04 Å². The van der Waals surface area contributed by atoms with E-state index in [9.17, 15) is 0 Å². The van der Waals surface area contributed by atoms with Crippen molar-refractivity contribution in [3.8, 4) is 0 Å². The molecule has 1 heterocycles. The maximum absolute atomic E-state index is 4.48. The summed E-state index contributed by atoms with van der Waals surface area (Å²) in [5, 5.41) is 7.29. The van der Waals surface area contributed by atoms with Gasteiger partial charge in [-0.1, -0.05) is 30.0 Å². The lowest BCUT2D eigenvalue weighted by atomic mass is 10.6. The van der Waals surface area contributed by atoms with Gasteiger partial charge in [-0.3, -0.25) is 0 Å². The van der Waals surface area contributed by atoms with Crippen LogP contribution >= 0.6 is 0 Å². The Hall–Kier alpha value is -0.643. The van der Waals surface area contributed by atoms with Crippen molar-refractivity contribution >= 4 is 8.07 Å². The summed E-state index contributed by atoms with van der Waals surface area (Å²) < 4.78 is 4.48. The molecule has 0 unspecified atom stereocenters. The van der Waals surface area contributed by atoms with E-state index >= 15 is 0 Å². The average molecular weight is 156 g/mol. The first-order valence-corrected chi connectivity index (χ1v) is 7.05. The topological polar surface area (TPSA) is 38.9 Å². The fraction of sp³-hybridized carbons (Fsp3) is 0.667. The SMILES string of the molecule is C[Si](C)(C)Cc1cnon1. The van der Waals surface area contributed by atoms with Crippen molar-refractivity contribution in [2.24, 2.45) is 0 Å². The summed E-state index contributed by atoms with van der Waals surface area (Å²) in [6.07, 6.45) is 1.69. The minimum Gasteiger partial charge on any atom is -0.244 e. The van der Waals surface area contributed by atoms with E-state index in [1.807, 2.05) is 0 Å². The number of hydrogen-bond donors (Lipinski definition) is 0. The molecule has 0 aliphatic carbocycles. The smallest absolute Gasteiger partial charge is 0.102 e. The van der Waals surface area contributed by atoms with Gasteiger partial charge in [0.05, 0.1) is 14.3 Å². The first kappa shape index (κ1) is 7.46. The lowest BCUT2D eigenvalue weighted by molar-refractivity contribution is 0.304. The minimum atomic E-state index is -1.02. The van der Waals surface area contributed by atoms with Crippen LogP contribution in [0.4, 0.5) is 0 Å². The highest BCUT2D eigenvalue weighted by Gasteiger charge is 2.15. The molecule has 0 aromatic carbocycles. The summed E-state index contributed by atoms with van der Waals surface area (Å²) in [5.74, 6) is 0. The molecule has 10 heavy (non-hydrogen) atoms. The lowest BCUT2D eigenvalue weighted by Gasteiger charge is -2.11. The van der Waals surface area contributed by atoms with E-state index < -0.39 is 8.07 Å². The third kappa shape index (κ3) is 2.30. The molecule has 0 aliphatic rings. The zero-order valence-electron chi connectivity index (χ0n) is 6.59. The Bertz CT molecular complexity index is 190. The third-order valence-electron chi connectivity index (χ3n) is 1.12. The van der Waals surface area contributed by atoms with Crippen LogP contribution in [0, 0.1) is 0 Å². The Morgan fingerprint density at radius 3 is 2.60 bits per heavy atom. The number of aromatic nitrogens is 2. The predicted molar refractivity (Wildman–Crippen MR) is 41.3 cm³/mol. The van der Waals surface area contributed by atoms with E-state index in [2.05, 4.69) is 34.6 Å². The van der Waals surface area contributed by atoms with Crippen LogP contribution in [-0.4, -0.2) is 18.4 Å². The molecule has 0 radical (unpaired) electrons. The van der Waals surface area contributed by atoms with Crippen molar-refractivity contribution in [1.29, 1.82) is 0 Å². The first-order chi connectivity index (χ1) is 4.58. The van der Waals surface area contributed by atoms with Crippen LogP contribution in [0.5, 0.6) is 0 Å². The normalized spacial score (nSPS) is 11.9. The monoisotopic (exact) mass is 156 g/mol. The van der Waals surface area contributed by atoms with Crippen LogP contribution in [0.25, 0.3) is 0 Å². The molecule has 0 saturated carbocycles. The van der Waals surface area contributed by atoms with Crippen molar-refractivity contribution in [1.82, 2.24) is 10.3 Å². The summed E-state index contributed by atoms with van der Waals surface area (Å²) in [6, 6.07) is 1.05. The molecule has 1 aromatic heterocycles. The molecule has 0 aliphatic heterocycles. The zero-order chi connectivity index (χ0) is 7.61. The van der Waals surface area contributed by atoms with E-state index in [-0.39, 0.29) is 0 Å². The quantitative estimate of drug-likeness (QED) is 0.609. The summed E-state index contributed by atoms with van der Waals surface area (Å²) in [6.45, 7) is 6.88. The van der Waals surface area contributed by atoms with E-state index in [0.717, 1.165) is 11.7 Å². The molecule has 0 atom stereocenters. The van der Waals surface area contributed by atoms with Gasteiger partial charge in [-0.25, -0.2) is 4.63 Å². The first-order valence-electron chi connectivity index (χ1n) is 3.34. The van der Waals surface area contributed by atoms with Crippen molar-refractivity contribution in [2.75, 3.05) is 0 Å². The second-order valence-electron chi connectivity index (χ2n) is 3.64. The molecule has 56 valence electrons. The van der Waals surface area contributed by atoms with E-state index in [1.54, 1.807) is 6.20 Å². The Morgan fingerprint density at radius 1 is 1.50 bits per heavy atom. The van der Waals surface area contributed by atoms with Gasteiger partial charge in [-0.05, 0) is 6.04 Å². The second kappa shape index (κ2) is 2.54. The molecule has 0 spiro atoms. The summed E-state index contributed by atoms with van der Waals surface area (Å²) in [4.78, 5) is 0. The Morgan fingerprint density at radius 2 is 2.20 bits per heavy atom. The molecule has 3 nitrogen and oxygen atoms in total. The van der Waals surface area contributed by atoms with E-state index in [1.165, 1.54) is 0 Å². The zero-order valence-corrected chi connectivity index (χ0v) is 7.59. The van der Waals surface area contributed by atoms with Crippen molar-refractivity contribution in [3.63, 3.8) is 0 Å². The maximum Gasteiger partial charge on any atom is 0.102 e. The van der Waals surface area contributed by atoms with Gasteiger partial charge in [0.1, 0.15) is 5.69 Å². The van der Waals surface area contributed by atoms with Gasteiger partial charge in [0.2, 0.25) is 0 Å². The van der Waals surface area contributed by atoms with Crippen LogP contribution < -0.4 is 0 Å². The predicted octanol–water partition coefficient (Wildman–Crippen LogP) is 1.49. The molecule has 1 aromatic rings. The van der Waals surface area contributed by atoms with Crippen LogP contribution in [0.1, 0.15) is 5.69 Å². The highest BCUT2D eigenvalue weighted by atomic mass is 28.3. The highest BCUT2D eigenvalue weighted by molar-refractivity contribution is 6.75. The van der Waals surface area contributed by atoms with Crippen molar-refractivity contribution in [2.45, 2.75) is 25.7 Å². The number of nitrogens with zero attached hydrogens (tertiary/aromatic N) is 2. The Balaban J connectivity index is 2.57. The fourth-order valence-corrected chi connectivity index (χ4v) is 2.05. The summed E-state index contributed by atoms with van der Waals surface area (Å²) in [7, 11) is -1.02. The molecular formula is C6H12N2OSi. The highest BCUT2D eigenvalue weighted by Crippen LogP contribution is 2.07. The summed E-state index contributed by atoms with van der Waals surface area (Å²) >= 11 is 0. The van der Waals surface area contributed by atoms with Gasteiger partial charge >= 0.3 is 0 Å². The average Bonchev–Trinajstić information content (AvgIpc) is 2.12. The maximum atomic E-state index is 4.48. The largest absolute Gasteiger partial charge is 0.244 e. The molecule has 0 fully saturated rings. The molecule has 0 saturated heterocycles. The second-order valence-corrected chi connectivity index (χ2v) is 9.11. The number of rotatable bonds is 2. The van der Waals surface area contributed by atoms with Gasteiger partial charge in [-0.2, -0.15) is 0 Å². The van der Waals surface area contributed by atoms with E-state index in [4.69, 9.17) is 0 Å². The number of hydrogen-bond acceptors (Lipinski definition) is 3. The fourth-order valence-electron chi connectivity index (χ4n) is 0.805. The van der Waals surface area contributed by atoms with Gasteiger partial charge < -0.3 is 0 Å². The van der Waals surface area contributed by atoms with Gasteiger partial charge in [0, 0.05) is 0 Å². The van der Waals surface area contributed by atoms with Gasteiger partial charge in [0.25, 0.3) is 0 Å². The Kier molecular flexibility index (Phi) is 1.89. The van der Waals surface area contributed by atoms with Gasteiger partial charge in [-0.15, -0.1) is 0 Å². The third-order valence-corrected chi connectivity index (χ3v) is 2.54. The standard InChI is InChI=1S/C6H12N2OSi/c1-10(2,3)5-6-4-7-9-8-6/h4H,5H2,1-3H3. The lowest BCUT2D eigenvalue weighted by Crippen LogP contribution is -2.23. The minimum absolute atomic E-state index is 0.985. The van der Waals surface area contributed by atoms with Crippen LogP contribution in [0.2, 0.25) is 19.6 Å². The van der Waals surface area contributed by atoms with Crippen molar-refractivity contribution < 1.29 is 4.63 Å². The molecule has 1 rings (SSSR count). The summed E-state index contributed by atoms with van der Waals surface area (Å²) in [5.41, 5.74) is 0.985.